The smallest absolute Gasteiger partial charge is 0.248 e. The van der Waals surface area contributed by atoms with E-state index in [1.54, 1.807) is 4.90 Å². The number of nitrogens with zero attached hydrogens (tertiary/aromatic N) is 3. The summed E-state index contributed by atoms with van der Waals surface area (Å²) in [6, 6.07) is 18.1. The lowest BCUT2D eigenvalue weighted by atomic mass is 9.92. The van der Waals surface area contributed by atoms with E-state index in [0.29, 0.717) is 19.0 Å². The van der Waals surface area contributed by atoms with E-state index in [1.807, 2.05) is 42.5 Å². The number of anilines is 1. The third-order valence-electron chi connectivity index (χ3n) is 4.76. The molecule has 1 aliphatic rings. The van der Waals surface area contributed by atoms with Gasteiger partial charge in [-0.15, -0.1) is 0 Å². The van der Waals surface area contributed by atoms with Crippen LogP contribution in [0.15, 0.2) is 54.6 Å². The summed E-state index contributed by atoms with van der Waals surface area (Å²) in [6.07, 6.45) is 0. The molecule has 0 spiro atoms. The van der Waals surface area contributed by atoms with E-state index in [4.69, 9.17) is 9.72 Å². The number of carbonyl (C=O) groups is 1. The minimum absolute atomic E-state index is 0.00109. The van der Waals surface area contributed by atoms with Gasteiger partial charge in [0.2, 0.25) is 11.9 Å². The van der Waals surface area contributed by atoms with Gasteiger partial charge >= 0.3 is 0 Å². The van der Waals surface area contributed by atoms with E-state index in [9.17, 15) is 4.79 Å². The standard InChI is InChI=1S/C21H22N4O2/c1-21(13-25(14-21)18(26)12-27-2)24-20-22-17-11-7-6-10-16(17)19(23-20)15-8-4-3-5-9-15/h3-11H,12-14H2,1-2H3,(H,22,23,24). The van der Waals surface area contributed by atoms with Gasteiger partial charge in [0, 0.05) is 31.1 Å². The Morgan fingerprint density at radius 2 is 1.81 bits per heavy atom. The first kappa shape index (κ1) is 17.4. The van der Waals surface area contributed by atoms with Crippen LogP contribution in [0.3, 0.4) is 0 Å². The Morgan fingerprint density at radius 3 is 2.56 bits per heavy atom. The Hall–Kier alpha value is -2.99. The highest BCUT2D eigenvalue weighted by Crippen LogP contribution is 2.29. The lowest BCUT2D eigenvalue weighted by Gasteiger charge is -2.48. The van der Waals surface area contributed by atoms with Gasteiger partial charge in [-0.3, -0.25) is 4.79 Å². The largest absolute Gasteiger partial charge is 0.375 e. The zero-order valence-electron chi connectivity index (χ0n) is 15.5. The highest BCUT2D eigenvalue weighted by atomic mass is 16.5. The summed E-state index contributed by atoms with van der Waals surface area (Å²) in [5.41, 5.74) is 2.60. The Bertz CT molecular complexity index is 968. The second kappa shape index (κ2) is 6.96. The molecule has 0 unspecified atom stereocenters. The predicted octanol–water partition coefficient (Wildman–Crippen LogP) is 2.96. The van der Waals surface area contributed by atoms with E-state index in [0.717, 1.165) is 22.2 Å². The Balaban J connectivity index is 1.63. The minimum atomic E-state index is -0.250. The molecule has 1 saturated heterocycles. The third-order valence-corrected chi connectivity index (χ3v) is 4.76. The zero-order chi connectivity index (χ0) is 18.9. The molecule has 1 aromatic heterocycles. The molecule has 6 nitrogen and oxygen atoms in total. The van der Waals surface area contributed by atoms with Gasteiger partial charge in [0.05, 0.1) is 16.7 Å². The number of para-hydroxylation sites is 1. The van der Waals surface area contributed by atoms with Crippen molar-refractivity contribution in [1.29, 1.82) is 0 Å². The molecule has 0 radical (unpaired) electrons. The maximum Gasteiger partial charge on any atom is 0.248 e. The van der Waals surface area contributed by atoms with Crippen LogP contribution in [0, 0.1) is 0 Å². The molecule has 2 heterocycles. The predicted molar refractivity (Wildman–Crippen MR) is 105 cm³/mol. The van der Waals surface area contributed by atoms with Crippen molar-refractivity contribution in [2.75, 3.05) is 32.1 Å². The number of hydrogen-bond donors (Lipinski definition) is 1. The van der Waals surface area contributed by atoms with Gasteiger partial charge < -0.3 is 15.0 Å². The molecule has 0 bridgehead atoms. The van der Waals surface area contributed by atoms with E-state index in [2.05, 4.69) is 29.4 Å². The SMILES string of the molecule is COCC(=O)N1CC(C)(Nc2nc(-c3ccccc3)c3ccccc3n2)C1. The molecule has 1 aliphatic heterocycles. The van der Waals surface area contributed by atoms with Crippen molar-refractivity contribution < 1.29 is 9.53 Å². The molecular weight excluding hydrogens is 340 g/mol. The van der Waals surface area contributed by atoms with Gasteiger partial charge in [-0.1, -0.05) is 48.5 Å². The van der Waals surface area contributed by atoms with Crippen LogP contribution in [0.1, 0.15) is 6.92 Å². The summed E-state index contributed by atoms with van der Waals surface area (Å²) in [6.45, 7) is 3.39. The number of methoxy groups -OCH3 is 1. The summed E-state index contributed by atoms with van der Waals surface area (Å²) in [5, 5.41) is 4.45. The summed E-state index contributed by atoms with van der Waals surface area (Å²) in [4.78, 5) is 23.2. The van der Waals surface area contributed by atoms with Crippen molar-refractivity contribution >= 4 is 22.8 Å². The lowest BCUT2D eigenvalue weighted by molar-refractivity contribution is -0.141. The number of ether oxygens (including phenoxy) is 1. The number of likely N-dealkylation sites (tertiary alicyclic amines) is 1. The Labute approximate surface area is 158 Å². The van der Waals surface area contributed by atoms with Crippen LogP contribution >= 0.6 is 0 Å². The highest BCUT2D eigenvalue weighted by Gasteiger charge is 2.41. The van der Waals surface area contributed by atoms with Crippen molar-refractivity contribution in [2.24, 2.45) is 0 Å². The van der Waals surface area contributed by atoms with Crippen molar-refractivity contribution in [1.82, 2.24) is 14.9 Å². The first-order chi connectivity index (χ1) is 13.1. The monoisotopic (exact) mass is 362 g/mol. The summed E-state index contributed by atoms with van der Waals surface area (Å²) in [5.74, 6) is 0.579. The lowest BCUT2D eigenvalue weighted by Crippen LogP contribution is -2.66. The average Bonchev–Trinajstić information content (AvgIpc) is 2.66. The Morgan fingerprint density at radius 1 is 1.11 bits per heavy atom. The molecule has 138 valence electrons. The second-order valence-electron chi connectivity index (χ2n) is 7.15. The molecule has 1 fully saturated rings. The van der Waals surface area contributed by atoms with Crippen LogP contribution in [-0.4, -0.2) is 53.1 Å². The van der Waals surface area contributed by atoms with Crippen molar-refractivity contribution in [2.45, 2.75) is 12.5 Å². The van der Waals surface area contributed by atoms with Crippen molar-refractivity contribution in [3.8, 4) is 11.3 Å². The van der Waals surface area contributed by atoms with Crippen molar-refractivity contribution in [3.63, 3.8) is 0 Å². The number of hydrogen-bond acceptors (Lipinski definition) is 5. The summed E-state index contributed by atoms with van der Waals surface area (Å²) >= 11 is 0. The number of fused-ring (bicyclic) bond motifs is 1. The number of carbonyl (C=O) groups excluding carboxylic acids is 1. The fourth-order valence-electron chi connectivity index (χ4n) is 3.48. The normalized spacial score (nSPS) is 15.4. The number of aromatic nitrogens is 2. The van der Waals surface area contributed by atoms with Crippen LogP contribution in [0.4, 0.5) is 5.95 Å². The molecule has 4 rings (SSSR count). The van der Waals surface area contributed by atoms with E-state index < -0.39 is 0 Å². The first-order valence-corrected chi connectivity index (χ1v) is 8.95. The maximum absolute atomic E-state index is 11.9. The minimum Gasteiger partial charge on any atom is -0.375 e. The van der Waals surface area contributed by atoms with Crippen molar-refractivity contribution in [3.05, 3.63) is 54.6 Å². The molecule has 2 aromatic carbocycles. The molecule has 0 atom stereocenters. The van der Waals surface area contributed by atoms with Gasteiger partial charge in [-0.05, 0) is 13.0 Å². The first-order valence-electron chi connectivity index (χ1n) is 8.95. The Kier molecular flexibility index (Phi) is 4.49. The molecule has 1 N–H and O–H groups in total. The van der Waals surface area contributed by atoms with Crippen LogP contribution in [-0.2, 0) is 9.53 Å². The van der Waals surface area contributed by atoms with Gasteiger partial charge in [0.25, 0.3) is 0 Å². The fraction of sp³-hybridized carbons (Fsp3) is 0.286. The molecule has 3 aromatic rings. The average molecular weight is 362 g/mol. The van der Waals surface area contributed by atoms with Crippen LogP contribution in [0.5, 0.6) is 0 Å². The third kappa shape index (κ3) is 3.48. The van der Waals surface area contributed by atoms with Crippen LogP contribution in [0.2, 0.25) is 0 Å². The summed E-state index contributed by atoms with van der Waals surface area (Å²) in [7, 11) is 1.53. The quantitative estimate of drug-likeness (QED) is 0.756. The molecular formula is C21H22N4O2. The van der Waals surface area contributed by atoms with E-state index in [1.165, 1.54) is 7.11 Å². The molecule has 0 aliphatic carbocycles. The number of benzene rings is 2. The van der Waals surface area contributed by atoms with Gasteiger partial charge in [0.15, 0.2) is 0 Å². The van der Waals surface area contributed by atoms with E-state index in [-0.39, 0.29) is 18.1 Å². The highest BCUT2D eigenvalue weighted by molar-refractivity contribution is 5.93. The van der Waals surface area contributed by atoms with Gasteiger partial charge in [-0.2, -0.15) is 0 Å². The molecule has 1 amide bonds. The van der Waals surface area contributed by atoms with Gasteiger partial charge in [-0.25, -0.2) is 9.97 Å². The molecule has 27 heavy (non-hydrogen) atoms. The zero-order valence-corrected chi connectivity index (χ0v) is 15.5. The van der Waals surface area contributed by atoms with E-state index >= 15 is 0 Å². The summed E-state index contributed by atoms with van der Waals surface area (Å²) < 4.78 is 4.92. The number of amides is 1. The maximum atomic E-state index is 11.9. The second-order valence-corrected chi connectivity index (χ2v) is 7.15. The molecule has 0 saturated carbocycles. The number of rotatable bonds is 5. The fourth-order valence-corrected chi connectivity index (χ4v) is 3.48. The molecule has 6 heteroatoms. The number of nitrogens with one attached hydrogen (secondary N) is 1. The van der Waals surface area contributed by atoms with Crippen LogP contribution in [0.25, 0.3) is 22.2 Å². The van der Waals surface area contributed by atoms with Crippen LogP contribution < -0.4 is 5.32 Å². The topological polar surface area (TPSA) is 67.3 Å². The van der Waals surface area contributed by atoms with Gasteiger partial charge in [0.1, 0.15) is 6.61 Å².